The highest BCUT2D eigenvalue weighted by atomic mass is 32.2. The summed E-state index contributed by atoms with van der Waals surface area (Å²) in [6.45, 7) is 4.33. The van der Waals surface area contributed by atoms with Crippen molar-refractivity contribution in [2.45, 2.75) is 23.9 Å². The van der Waals surface area contributed by atoms with Crippen molar-refractivity contribution in [1.29, 1.82) is 0 Å². The van der Waals surface area contributed by atoms with E-state index in [4.69, 9.17) is 4.98 Å². The Morgan fingerprint density at radius 3 is 2.89 bits per heavy atom. The van der Waals surface area contributed by atoms with Crippen LogP contribution in [0.15, 0.2) is 67.1 Å². The Bertz CT molecular complexity index is 1190. The molecule has 2 saturated heterocycles. The number of nitrogens with one attached hydrogen (secondary N) is 2. The average molecular weight is 487 g/mol. The van der Waals surface area contributed by atoms with Gasteiger partial charge in [0.2, 0.25) is 5.91 Å². The predicted octanol–water partition coefficient (Wildman–Crippen LogP) is 2.76. The van der Waals surface area contributed by atoms with E-state index in [2.05, 4.69) is 61.8 Å². The minimum Gasteiger partial charge on any atom is -0.353 e. The first-order valence-corrected chi connectivity index (χ1v) is 13.4. The number of amides is 1. The van der Waals surface area contributed by atoms with Gasteiger partial charge >= 0.3 is 0 Å². The molecule has 180 valence electrons. The fraction of sp³-hybridized carbons (Fsp3) is 0.370. The number of piperazine rings is 1. The van der Waals surface area contributed by atoms with Gasteiger partial charge in [0.1, 0.15) is 5.82 Å². The fourth-order valence-corrected chi connectivity index (χ4v) is 6.65. The Balaban J connectivity index is 1.07. The van der Waals surface area contributed by atoms with Gasteiger partial charge in [-0.3, -0.25) is 20.0 Å². The minimum atomic E-state index is -0.168. The number of aromatic nitrogens is 2. The highest BCUT2D eigenvalue weighted by Crippen LogP contribution is 2.38. The van der Waals surface area contributed by atoms with Crippen LogP contribution in [0.25, 0.3) is 0 Å². The number of benzene rings is 1. The molecule has 1 aromatic carbocycles. The molecule has 0 radical (unpaired) electrons. The van der Waals surface area contributed by atoms with Gasteiger partial charge in [-0.25, -0.2) is 4.98 Å². The third-order valence-electron chi connectivity index (χ3n) is 7.21. The van der Waals surface area contributed by atoms with Gasteiger partial charge in [0.15, 0.2) is 0 Å². The molecule has 6 rings (SSSR count). The first-order chi connectivity index (χ1) is 17.3. The summed E-state index contributed by atoms with van der Waals surface area (Å²) < 4.78 is 0. The van der Waals surface area contributed by atoms with Crippen LogP contribution in [0.1, 0.15) is 33.7 Å². The quantitative estimate of drug-likeness (QED) is 0.575. The summed E-state index contributed by atoms with van der Waals surface area (Å²) in [5.41, 5.74) is 5.20. The molecule has 2 aromatic heterocycles. The number of carbonyl (C=O) groups is 1. The summed E-state index contributed by atoms with van der Waals surface area (Å²) >= 11 is 1.76. The van der Waals surface area contributed by atoms with E-state index >= 15 is 0 Å². The predicted molar refractivity (Wildman–Crippen MR) is 139 cm³/mol. The number of rotatable bonds is 5. The highest BCUT2D eigenvalue weighted by Gasteiger charge is 2.34. The van der Waals surface area contributed by atoms with Gasteiger partial charge < -0.3 is 10.2 Å². The van der Waals surface area contributed by atoms with Crippen LogP contribution < -0.4 is 15.5 Å². The van der Waals surface area contributed by atoms with Crippen molar-refractivity contribution in [3.8, 4) is 0 Å². The highest BCUT2D eigenvalue weighted by molar-refractivity contribution is 7.99. The van der Waals surface area contributed by atoms with E-state index in [0.29, 0.717) is 6.54 Å². The summed E-state index contributed by atoms with van der Waals surface area (Å²) in [6, 6.07) is 17.1. The number of hydrogen-bond acceptors (Lipinski definition) is 7. The van der Waals surface area contributed by atoms with E-state index in [9.17, 15) is 4.79 Å². The number of thioether (sulfide) groups is 1. The van der Waals surface area contributed by atoms with Crippen LogP contribution in [0, 0.1) is 0 Å². The first-order valence-electron chi connectivity index (χ1n) is 12.3. The van der Waals surface area contributed by atoms with Crippen LogP contribution in [0.2, 0.25) is 0 Å². The van der Waals surface area contributed by atoms with Crippen molar-refractivity contribution in [1.82, 2.24) is 25.5 Å². The van der Waals surface area contributed by atoms with Gasteiger partial charge in [-0.05, 0) is 34.4 Å². The number of carbonyl (C=O) groups excluding carboxylic acids is 1. The van der Waals surface area contributed by atoms with Gasteiger partial charge in [0.25, 0.3) is 0 Å². The molecule has 0 saturated carbocycles. The molecule has 3 atom stereocenters. The van der Waals surface area contributed by atoms with Crippen molar-refractivity contribution >= 4 is 23.5 Å². The molecule has 0 bridgehead atoms. The standard InChI is InChI=1S/C27H30N6OS/c34-26(23-18-35-27(31-23)21-7-3-9-28-16-21)30-11-12-32-13-14-33-24(17-32)22-8-2-1-5-19(22)15-20-6-4-10-29-25(20)33/h1-10,16,23-24,27,31H,11-15,17-18H2,(H,30,34)/t23-,24-,27?/m0/s1. The van der Waals surface area contributed by atoms with Gasteiger partial charge in [-0.15, -0.1) is 11.8 Å². The van der Waals surface area contributed by atoms with Gasteiger partial charge in [-0.1, -0.05) is 36.4 Å². The molecule has 7 nitrogen and oxygen atoms in total. The summed E-state index contributed by atoms with van der Waals surface area (Å²) in [5.74, 6) is 1.98. The largest absolute Gasteiger partial charge is 0.353 e. The molecule has 0 spiro atoms. The zero-order valence-corrected chi connectivity index (χ0v) is 20.5. The number of fused-ring (bicyclic) bond motifs is 5. The molecule has 2 fully saturated rings. The van der Waals surface area contributed by atoms with Crippen molar-refractivity contribution < 1.29 is 4.79 Å². The Kier molecular flexibility index (Phi) is 6.41. The van der Waals surface area contributed by atoms with Crippen LogP contribution in [0.4, 0.5) is 5.82 Å². The summed E-state index contributed by atoms with van der Waals surface area (Å²) in [6.07, 6.45) is 6.47. The Hall–Kier alpha value is -2.94. The van der Waals surface area contributed by atoms with E-state index in [1.807, 2.05) is 24.5 Å². The first kappa shape index (κ1) is 22.5. The van der Waals surface area contributed by atoms with Crippen LogP contribution in [0.3, 0.4) is 0 Å². The molecule has 3 aromatic rings. The minimum absolute atomic E-state index is 0.0838. The lowest BCUT2D eigenvalue weighted by Gasteiger charge is -2.42. The Labute approximate surface area is 210 Å². The van der Waals surface area contributed by atoms with Crippen LogP contribution >= 0.6 is 11.8 Å². The smallest absolute Gasteiger partial charge is 0.238 e. The van der Waals surface area contributed by atoms with Crippen LogP contribution in [-0.4, -0.2) is 65.3 Å². The molecule has 0 aliphatic carbocycles. The van der Waals surface area contributed by atoms with E-state index in [-0.39, 0.29) is 23.4 Å². The second-order valence-electron chi connectivity index (χ2n) is 9.38. The topological polar surface area (TPSA) is 73.4 Å². The summed E-state index contributed by atoms with van der Waals surface area (Å²) in [5, 5.41) is 6.73. The molecule has 1 unspecified atom stereocenters. The normalized spacial score (nSPS) is 23.7. The SMILES string of the molecule is O=C(NCCN1CCN2c3ncccc3Cc3ccccc3[C@@H]2C1)[C@@H]1CSC(c2cccnc2)N1. The van der Waals surface area contributed by atoms with Crippen molar-refractivity contribution in [2.24, 2.45) is 0 Å². The molecular formula is C27H30N6OS. The molecule has 3 aliphatic heterocycles. The van der Waals surface area contributed by atoms with Crippen molar-refractivity contribution in [3.63, 3.8) is 0 Å². The lowest BCUT2D eigenvalue weighted by molar-refractivity contribution is -0.122. The Morgan fingerprint density at radius 2 is 1.97 bits per heavy atom. The molecule has 1 amide bonds. The molecular weight excluding hydrogens is 456 g/mol. The fourth-order valence-electron chi connectivity index (χ4n) is 5.42. The van der Waals surface area contributed by atoms with Gasteiger partial charge in [0, 0.05) is 63.5 Å². The van der Waals surface area contributed by atoms with Gasteiger partial charge in [0.05, 0.1) is 17.5 Å². The number of pyridine rings is 2. The van der Waals surface area contributed by atoms with Crippen molar-refractivity contribution in [2.75, 3.05) is 43.4 Å². The summed E-state index contributed by atoms with van der Waals surface area (Å²) in [4.78, 5) is 26.7. The maximum atomic E-state index is 12.8. The van der Waals surface area contributed by atoms with E-state index < -0.39 is 0 Å². The van der Waals surface area contributed by atoms with Gasteiger partial charge in [-0.2, -0.15) is 0 Å². The Morgan fingerprint density at radius 1 is 1.09 bits per heavy atom. The third kappa shape index (κ3) is 4.66. The number of anilines is 1. The number of nitrogens with zero attached hydrogens (tertiary/aromatic N) is 4. The zero-order chi connectivity index (χ0) is 23.6. The maximum absolute atomic E-state index is 12.8. The third-order valence-corrected chi connectivity index (χ3v) is 8.48. The molecule has 8 heteroatoms. The zero-order valence-electron chi connectivity index (χ0n) is 19.6. The maximum Gasteiger partial charge on any atom is 0.238 e. The molecule has 35 heavy (non-hydrogen) atoms. The van der Waals surface area contributed by atoms with E-state index in [1.54, 1.807) is 18.0 Å². The second kappa shape index (κ2) is 9.97. The molecule has 2 N–H and O–H groups in total. The lowest BCUT2D eigenvalue weighted by Crippen LogP contribution is -2.51. The van der Waals surface area contributed by atoms with Crippen LogP contribution in [0.5, 0.6) is 0 Å². The summed E-state index contributed by atoms with van der Waals surface area (Å²) in [7, 11) is 0. The lowest BCUT2D eigenvalue weighted by atomic mass is 9.96. The monoisotopic (exact) mass is 486 g/mol. The second-order valence-corrected chi connectivity index (χ2v) is 10.5. The number of hydrogen-bond donors (Lipinski definition) is 2. The van der Waals surface area contributed by atoms with Crippen LogP contribution in [-0.2, 0) is 11.2 Å². The average Bonchev–Trinajstić information content (AvgIpc) is 3.36. The molecule has 3 aliphatic rings. The molecule has 5 heterocycles. The van der Waals surface area contributed by atoms with E-state index in [0.717, 1.165) is 49.7 Å². The van der Waals surface area contributed by atoms with Crippen molar-refractivity contribution in [3.05, 3.63) is 89.4 Å². The van der Waals surface area contributed by atoms with E-state index in [1.165, 1.54) is 16.7 Å².